The second-order valence-corrected chi connectivity index (χ2v) is 3.61. The Morgan fingerprint density at radius 3 is 2.42 bits per heavy atom. The van der Waals surface area contributed by atoms with Crippen LogP contribution in [0, 0.1) is 5.92 Å². The van der Waals surface area contributed by atoms with Gasteiger partial charge in [-0.1, -0.05) is 19.8 Å². The number of nitrogens with two attached hydrogens (primary N) is 1. The smallest absolute Gasteiger partial charge is 0.303 e. The van der Waals surface area contributed by atoms with Crippen LogP contribution >= 0.6 is 0 Å². The second-order valence-electron chi connectivity index (χ2n) is 3.61. The summed E-state index contributed by atoms with van der Waals surface area (Å²) in [6.45, 7) is 3.94. The van der Waals surface area contributed by atoms with Gasteiger partial charge in [-0.05, 0) is 19.3 Å². The van der Waals surface area contributed by atoms with Crippen LogP contribution in [-0.2, 0) is 4.79 Å². The Hall–Kier alpha value is -0.570. The molecule has 0 radical (unpaired) electrons. The minimum Gasteiger partial charge on any atom is -0.481 e. The number of rotatable bonds is 6. The lowest BCUT2D eigenvalue weighted by molar-refractivity contribution is -0.138. The van der Waals surface area contributed by atoms with E-state index in [2.05, 4.69) is 0 Å². The van der Waals surface area contributed by atoms with E-state index in [0.717, 1.165) is 19.3 Å². The Morgan fingerprint density at radius 2 is 2.00 bits per heavy atom. The van der Waals surface area contributed by atoms with Gasteiger partial charge in [0.25, 0.3) is 0 Å². The molecule has 0 amide bonds. The van der Waals surface area contributed by atoms with E-state index in [1.54, 1.807) is 0 Å². The molecule has 3 nitrogen and oxygen atoms in total. The molecule has 0 saturated heterocycles. The minimum atomic E-state index is -0.705. The van der Waals surface area contributed by atoms with Crippen molar-refractivity contribution in [2.75, 3.05) is 0 Å². The lowest BCUT2D eigenvalue weighted by Crippen LogP contribution is -2.14. The summed E-state index contributed by atoms with van der Waals surface area (Å²) in [4.78, 5) is 10.3. The summed E-state index contributed by atoms with van der Waals surface area (Å²) in [5.41, 5.74) is 5.56. The van der Waals surface area contributed by atoms with Crippen molar-refractivity contribution in [2.45, 2.75) is 45.6 Å². The van der Waals surface area contributed by atoms with E-state index in [-0.39, 0.29) is 18.4 Å². The highest BCUT2D eigenvalue weighted by Crippen LogP contribution is 2.12. The quantitative estimate of drug-likeness (QED) is 0.641. The van der Waals surface area contributed by atoms with Crippen LogP contribution in [-0.4, -0.2) is 17.1 Å². The van der Waals surface area contributed by atoms with E-state index >= 15 is 0 Å². The lowest BCUT2D eigenvalue weighted by atomic mass is 9.99. The average Bonchev–Trinajstić information content (AvgIpc) is 1.84. The first kappa shape index (κ1) is 11.4. The maximum Gasteiger partial charge on any atom is 0.303 e. The SMILES string of the molecule is CC(N)CCCC(C)CC(=O)O. The van der Waals surface area contributed by atoms with Gasteiger partial charge in [0.1, 0.15) is 0 Å². The normalized spacial score (nSPS) is 15.6. The maximum atomic E-state index is 10.3. The Kier molecular flexibility index (Phi) is 5.72. The van der Waals surface area contributed by atoms with E-state index in [1.807, 2.05) is 13.8 Å². The molecule has 72 valence electrons. The van der Waals surface area contributed by atoms with Crippen LogP contribution in [0.15, 0.2) is 0 Å². The molecule has 0 bridgehead atoms. The molecule has 3 heteroatoms. The third-order valence-electron chi connectivity index (χ3n) is 1.88. The molecule has 0 aliphatic rings. The summed E-state index contributed by atoms with van der Waals surface area (Å²) in [5.74, 6) is -0.426. The lowest BCUT2D eigenvalue weighted by Gasteiger charge is -2.09. The van der Waals surface area contributed by atoms with E-state index in [4.69, 9.17) is 10.8 Å². The molecule has 2 unspecified atom stereocenters. The third-order valence-corrected chi connectivity index (χ3v) is 1.88. The van der Waals surface area contributed by atoms with Gasteiger partial charge in [0.2, 0.25) is 0 Å². The zero-order chi connectivity index (χ0) is 9.56. The van der Waals surface area contributed by atoms with Crippen molar-refractivity contribution in [3.63, 3.8) is 0 Å². The predicted molar refractivity (Wildman–Crippen MR) is 48.9 cm³/mol. The van der Waals surface area contributed by atoms with Gasteiger partial charge in [-0.2, -0.15) is 0 Å². The summed E-state index contributed by atoms with van der Waals surface area (Å²) in [6.07, 6.45) is 3.27. The minimum absolute atomic E-state index is 0.238. The Bertz CT molecular complexity index is 134. The molecular formula is C9H19NO2. The molecular weight excluding hydrogens is 154 g/mol. The van der Waals surface area contributed by atoms with Gasteiger partial charge in [0, 0.05) is 12.5 Å². The third kappa shape index (κ3) is 7.54. The van der Waals surface area contributed by atoms with Crippen LogP contribution in [0.3, 0.4) is 0 Å². The fourth-order valence-corrected chi connectivity index (χ4v) is 1.19. The Morgan fingerprint density at radius 1 is 1.42 bits per heavy atom. The molecule has 3 N–H and O–H groups in total. The van der Waals surface area contributed by atoms with Gasteiger partial charge in [0.05, 0.1) is 0 Å². The van der Waals surface area contributed by atoms with Gasteiger partial charge in [-0.25, -0.2) is 0 Å². The molecule has 0 heterocycles. The molecule has 0 rings (SSSR count). The molecule has 0 aliphatic carbocycles. The molecule has 0 aliphatic heterocycles. The topological polar surface area (TPSA) is 63.3 Å². The second kappa shape index (κ2) is 6.00. The van der Waals surface area contributed by atoms with Crippen molar-refractivity contribution in [2.24, 2.45) is 11.7 Å². The molecule has 0 aromatic carbocycles. The van der Waals surface area contributed by atoms with Crippen molar-refractivity contribution in [1.29, 1.82) is 0 Å². The fourth-order valence-electron chi connectivity index (χ4n) is 1.19. The van der Waals surface area contributed by atoms with Crippen LogP contribution < -0.4 is 5.73 Å². The van der Waals surface area contributed by atoms with Crippen LogP contribution in [0.5, 0.6) is 0 Å². The van der Waals surface area contributed by atoms with Gasteiger partial charge in [0.15, 0.2) is 0 Å². The van der Waals surface area contributed by atoms with E-state index < -0.39 is 5.97 Å². The van der Waals surface area contributed by atoms with Crippen LogP contribution in [0.4, 0.5) is 0 Å². The first-order chi connectivity index (χ1) is 5.52. The highest BCUT2D eigenvalue weighted by Gasteiger charge is 2.07. The Labute approximate surface area is 74.0 Å². The largest absolute Gasteiger partial charge is 0.481 e. The summed E-state index contributed by atoms with van der Waals surface area (Å²) in [5, 5.41) is 8.47. The summed E-state index contributed by atoms with van der Waals surface area (Å²) in [6, 6.07) is 0.238. The first-order valence-corrected chi connectivity index (χ1v) is 4.49. The molecule has 2 atom stereocenters. The number of hydrogen-bond acceptors (Lipinski definition) is 2. The molecule has 0 saturated carbocycles. The molecule has 0 aromatic rings. The van der Waals surface area contributed by atoms with Crippen molar-refractivity contribution < 1.29 is 9.90 Å². The summed E-state index contributed by atoms with van der Waals surface area (Å²) < 4.78 is 0. The molecule has 12 heavy (non-hydrogen) atoms. The molecule has 0 aromatic heterocycles. The van der Waals surface area contributed by atoms with E-state index in [9.17, 15) is 4.79 Å². The highest BCUT2D eigenvalue weighted by atomic mass is 16.4. The van der Waals surface area contributed by atoms with Gasteiger partial charge in [-0.15, -0.1) is 0 Å². The van der Waals surface area contributed by atoms with Gasteiger partial charge >= 0.3 is 5.97 Å². The average molecular weight is 173 g/mol. The number of hydrogen-bond donors (Lipinski definition) is 2. The molecule has 0 fully saturated rings. The van der Waals surface area contributed by atoms with Crippen LogP contribution in [0.2, 0.25) is 0 Å². The number of carboxylic acid groups (broad SMARTS) is 1. The summed E-state index contributed by atoms with van der Waals surface area (Å²) in [7, 11) is 0. The van der Waals surface area contributed by atoms with E-state index in [1.165, 1.54) is 0 Å². The maximum absolute atomic E-state index is 10.3. The summed E-state index contributed by atoms with van der Waals surface area (Å²) >= 11 is 0. The predicted octanol–water partition coefficient (Wildman–Crippen LogP) is 1.61. The van der Waals surface area contributed by atoms with Crippen LogP contribution in [0.1, 0.15) is 39.5 Å². The van der Waals surface area contributed by atoms with Crippen molar-refractivity contribution in [3.05, 3.63) is 0 Å². The van der Waals surface area contributed by atoms with Crippen molar-refractivity contribution in [1.82, 2.24) is 0 Å². The number of carboxylic acids is 1. The van der Waals surface area contributed by atoms with Gasteiger partial charge < -0.3 is 10.8 Å². The molecule has 0 spiro atoms. The van der Waals surface area contributed by atoms with Gasteiger partial charge in [-0.3, -0.25) is 4.79 Å². The number of aliphatic carboxylic acids is 1. The zero-order valence-electron chi connectivity index (χ0n) is 7.92. The fraction of sp³-hybridized carbons (Fsp3) is 0.889. The van der Waals surface area contributed by atoms with Crippen molar-refractivity contribution in [3.8, 4) is 0 Å². The highest BCUT2D eigenvalue weighted by molar-refractivity contribution is 5.66. The van der Waals surface area contributed by atoms with E-state index in [0.29, 0.717) is 0 Å². The number of carbonyl (C=O) groups is 1. The monoisotopic (exact) mass is 173 g/mol. The standard InChI is InChI=1S/C9H19NO2/c1-7(6-9(11)12)4-3-5-8(2)10/h7-8H,3-6,10H2,1-2H3,(H,11,12). The zero-order valence-corrected chi connectivity index (χ0v) is 7.92. The Balaban J connectivity index is 3.31. The van der Waals surface area contributed by atoms with Crippen LogP contribution in [0.25, 0.3) is 0 Å². The van der Waals surface area contributed by atoms with Crippen molar-refractivity contribution >= 4 is 5.97 Å². The first-order valence-electron chi connectivity index (χ1n) is 4.49.